The Balaban J connectivity index is 2.50. The van der Waals surface area contributed by atoms with Crippen LogP contribution in [0.25, 0.3) is 0 Å². The van der Waals surface area contributed by atoms with Gasteiger partial charge in [0.2, 0.25) is 0 Å². The van der Waals surface area contributed by atoms with E-state index >= 15 is 0 Å². The highest BCUT2D eigenvalue weighted by atomic mass is 32.2. The van der Waals surface area contributed by atoms with Gasteiger partial charge in [-0.15, -0.1) is 0 Å². The molecule has 0 N–H and O–H groups in total. The van der Waals surface area contributed by atoms with Crippen molar-refractivity contribution in [2.45, 2.75) is 12.8 Å². The van der Waals surface area contributed by atoms with Gasteiger partial charge < -0.3 is 0 Å². The number of nitriles is 1. The van der Waals surface area contributed by atoms with Gasteiger partial charge in [-0.3, -0.25) is 0 Å². The molecule has 1 aliphatic rings. The highest BCUT2D eigenvalue weighted by Crippen LogP contribution is 2.20. The minimum Gasteiger partial charge on any atom is -0.185 e. The lowest BCUT2D eigenvalue weighted by Gasteiger charge is -1.98. The molecule has 2 heteroatoms. The summed E-state index contributed by atoms with van der Waals surface area (Å²) in [6, 6.07) is 0. The molecule has 0 fully saturated rings. The first kappa shape index (κ1) is 6.44. The summed E-state index contributed by atoms with van der Waals surface area (Å²) in [4.78, 5) is 1.09. The summed E-state index contributed by atoms with van der Waals surface area (Å²) in [7, 11) is 0. The van der Waals surface area contributed by atoms with Crippen molar-refractivity contribution < 1.29 is 0 Å². The van der Waals surface area contributed by atoms with Crippen LogP contribution in [0.4, 0.5) is 0 Å². The van der Waals surface area contributed by atoms with E-state index in [1.54, 1.807) is 0 Å². The van der Waals surface area contributed by atoms with Gasteiger partial charge in [-0.1, -0.05) is 18.2 Å². The summed E-state index contributed by atoms with van der Waals surface area (Å²) in [5.74, 6) is 0. The Bertz CT molecular complexity index is 186. The van der Waals surface area contributed by atoms with Gasteiger partial charge in [0.05, 0.1) is 0 Å². The second-order valence-corrected chi connectivity index (χ2v) is 2.64. The Hall–Kier alpha value is -0.680. The van der Waals surface area contributed by atoms with Crippen molar-refractivity contribution in [3.8, 4) is 5.40 Å². The molecule has 0 radical (unpaired) electrons. The molecule has 1 rings (SSSR count). The topological polar surface area (TPSA) is 23.8 Å². The molecule has 0 amide bonds. The molecule has 0 aliphatic heterocycles. The van der Waals surface area contributed by atoms with Crippen molar-refractivity contribution in [2.24, 2.45) is 0 Å². The maximum atomic E-state index is 8.26. The van der Waals surface area contributed by atoms with E-state index in [-0.39, 0.29) is 0 Å². The van der Waals surface area contributed by atoms with Gasteiger partial charge in [-0.05, 0) is 24.6 Å². The van der Waals surface area contributed by atoms with Crippen molar-refractivity contribution in [3.63, 3.8) is 0 Å². The lowest BCUT2D eigenvalue weighted by atomic mass is 10.2. The number of thioether (sulfide) groups is 1. The fourth-order valence-electron chi connectivity index (χ4n) is 0.718. The van der Waals surface area contributed by atoms with E-state index in [0.29, 0.717) is 0 Å². The molecular weight excluding hydrogens is 130 g/mol. The Kier molecular flexibility index (Phi) is 2.41. The first-order valence-electron chi connectivity index (χ1n) is 2.86. The minimum absolute atomic E-state index is 1.08. The Morgan fingerprint density at radius 1 is 1.56 bits per heavy atom. The van der Waals surface area contributed by atoms with Crippen LogP contribution in [0.5, 0.6) is 0 Å². The van der Waals surface area contributed by atoms with Gasteiger partial charge in [0.1, 0.15) is 5.40 Å². The number of nitrogens with zero attached hydrogens (tertiary/aromatic N) is 1. The highest BCUT2D eigenvalue weighted by Gasteiger charge is 1.94. The van der Waals surface area contributed by atoms with Gasteiger partial charge in [0, 0.05) is 4.91 Å². The third kappa shape index (κ3) is 1.95. The lowest BCUT2D eigenvalue weighted by molar-refractivity contribution is 1.03. The first-order chi connectivity index (χ1) is 4.43. The molecule has 0 aromatic rings. The number of hydrogen-bond acceptors (Lipinski definition) is 2. The molecule has 0 unspecified atom stereocenters. The fourth-order valence-corrected chi connectivity index (χ4v) is 1.19. The van der Waals surface area contributed by atoms with Crippen LogP contribution in [0.3, 0.4) is 0 Å². The Morgan fingerprint density at radius 3 is 3.00 bits per heavy atom. The Labute approximate surface area is 59.1 Å². The van der Waals surface area contributed by atoms with Gasteiger partial charge >= 0.3 is 0 Å². The third-order valence-electron chi connectivity index (χ3n) is 1.12. The molecule has 0 heterocycles. The maximum absolute atomic E-state index is 8.26. The van der Waals surface area contributed by atoms with Gasteiger partial charge in [0.25, 0.3) is 0 Å². The predicted octanol–water partition coefficient (Wildman–Crippen LogP) is 2.43. The van der Waals surface area contributed by atoms with E-state index in [9.17, 15) is 0 Å². The summed E-state index contributed by atoms with van der Waals surface area (Å²) in [6.45, 7) is 0. The molecule has 0 spiro atoms. The van der Waals surface area contributed by atoms with E-state index in [1.807, 2.05) is 11.5 Å². The van der Waals surface area contributed by atoms with Crippen LogP contribution in [0, 0.1) is 10.7 Å². The van der Waals surface area contributed by atoms with Gasteiger partial charge in [-0.2, -0.15) is 5.26 Å². The summed E-state index contributed by atoms with van der Waals surface area (Å²) in [5.41, 5.74) is 0. The smallest absolute Gasteiger partial charge is 0.138 e. The van der Waals surface area contributed by atoms with Crippen molar-refractivity contribution in [1.82, 2.24) is 0 Å². The predicted molar refractivity (Wildman–Crippen MR) is 39.7 cm³/mol. The quantitative estimate of drug-likeness (QED) is 0.518. The molecule has 1 nitrogen and oxygen atoms in total. The number of allylic oxidation sites excluding steroid dienone is 3. The zero-order valence-electron chi connectivity index (χ0n) is 5.00. The lowest BCUT2D eigenvalue weighted by Crippen LogP contribution is -1.77. The van der Waals surface area contributed by atoms with E-state index in [2.05, 4.69) is 12.2 Å². The minimum atomic E-state index is 1.08. The van der Waals surface area contributed by atoms with E-state index in [1.165, 1.54) is 11.8 Å². The summed E-state index contributed by atoms with van der Waals surface area (Å²) in [6.07, 6.45) is 8.39. The number of hydrogen-bond donors (Lipinski definition) is 0. The second-order valence-electron chi connectivity index (χ2n) is 1.78. The summed E-state index contributed by atoms with van der Waals surface area (Å²) >= 11 is 1.23. The molecule has 0 saturated carbocycles. The molecule has 46 valence electrons. The third-order valence-corrected chi connectivity index (χ3v) is 1.75. The summed E-state index contributed by atoms with van der Waals surface area (Å²) < 4.78 is 0. The van der Waals surface area contributed by atoms with Crippen molar-refractivity contribution in [3.05, 3.63) is 23.1 Å². The SMILES string of the molecule is N#CSC1=CCCC=C1. The average molecular weight is 137 g/mol. The zero-order valence-corrected chi connectivity index (χ0v) is 5.82. The molecule has 0 atom stereocenters. The molecule has 0 saturated heterocycles. The van der Waals surface area contributed by atoms with E-state index < -0.39 is 0 Å². The van der Waals surface area contributed by atoms with Crippen LogP contribution in [0.2, 0.25) is 0 Å². The summed E-state index contributed by atoms with van der Waals surface area (Å²) in [5, 5.41) is 10.3. The first-order valence-corrected chi connectivity index (χ1v) is 3.68. The molecular formula is C7H7NS. The average Bonchev–Trinajstić information content (AvgIpc) is 1.91. The Morgan fingerprint density at radius 2 is 2.44 bits per heavy atom. The van der Waals surface area contributed by atoms with E-state index in [4.69, 9.17) is 5.26 Å². The van der Waals surface area contributed by atoms with Gasteiger partial charge in [0.15, 0.2) is 0 Å². The largest absolute Gasteiger partial charge is 0.185 e. The number of thiocyanates is 1. The van der Waals surface area contributed by atoms with Crippen LogP contribution >= 0.6 is 11.8 Å². The van der Waals surface area contributed by atoms with Crippen LogP contribution < -0.4 is 0 Å². The monoisotopic (exact) mass is 137 g/mol. The number of rotatable bonds is 1. The van der Waals surface area contributed by atoms with Crippen molar-refractivity contribution in [2.75, 3.05) is 0 Å². The normalized spacial score (nSPS) is 16.6. The van der Waals surface area contributed by atoms with Crippen LogP contribution in [-0.2, 0) is 0 Å². The molecule has 0 aromatic carbocycles. The molecule has 1 aliphatic carbocycles. The highest BCUT2D eigenvalue weighted by molar-refractivity contribution is 8.07. The van der Waals surface area contributed by atoms with E-state index in [0.717, 1.165) is 17.7 Å². The second kappa shape index (κ2) is 3.37. The van der Waals surface area contributed by atoms with Crippen LogP contribution in [0.15, 0.2) is 23.1 Å². The molecule has 9 heavy (non-hydrogen) atoms. The molecule has 0 bridgehead atoms. The van der Waals surface area contributed by atoms with Crippen LogP contribution in [0.1, 0.15) is 12.8 Å². The zero-order chi connectivity index (χ0) is 6.53. The molecule has 0 aromatic heterocycles. The standard InChI is InChI=1S/C7H7NS/c8-6-9-7-4-2-1-3-5-7/h2,4-5H,1,3H2. The van der Waals surface area contributed by atoms with Crippen molar-refractivity contribution >= 4 is 11.8 Å². The fraction of sp³-hybridized carbons (Fsp3) is 0.286. The van der Waals surface area contributed by atoms with Gasteiger partial charge in [-0.25, -0.2) is 0 Å². The van der Waals surface area contributed by atoms with Crippen molar-refractivity contribution in [1.29, 1.82) is 5.26 Å². The van der Waals surface area contributed by atoms with Crippen LogP contribution in [-0.4, -0.2) is 0 Å². The maximum Gasteiger partial charge on any atom is 0.138 e.